The maximum atomic E-state index is 12.3. The molecule has 1 fully saturated rings. The van der Waals surface area contributed by atoms with E-state index in [4.69, 9.17) is 4.74 Å². The first-order chi connectivity index (χ1) is 12.5. The van der Waals surface area contributed by atoms with E-state index in [-0.39, 0.29) is 24.2 Å². The van der Waals surface area contributed by atoms with Crippen molar-refractivity contribution in [3.8, 4) is 5.69 Å². The Bertz CT molecular complexity index is 748. The van der Waals surface area contributed by atoms with Gasteiger partial charge in [-0.05, 0) is 52.7 Å². The van der Waals surface area contributed by atoms with Gasteiger partial charge < -0.3 is 15.4 Å². The maximum Gasteiger partial charge on any atom is 0.315 e. The normalized spacial score (nSPS) is 19.2. The molecule has 0 bridgehead atoms. The molecule has 0 spiro atoms. The second-order valence-electron chi connectivity index (χ2n) is 7.11. The van der Waals surface area contributed by atoms with Gasteiger partial charge in [0.15, 0.2) is 0 Å². The van der Waals surface area contributed by atoms with Crippen LogP contribution in [-0.4, -0.2) is 34.6 Å². The van der Waals surface area contributed by atoms with Gasteiger partial charge in [-0.1, -0.05) is 17.7 Å². The third-order valence-electron chi connectivity index (χ3n) is 5.02. The number of rotatable bonds is 5. The van der Waals surface area contributed by atoms with Gasteiger partial charge in [0.25, 0.3) is 0 Å². The monoisotopic (exact) mass is 356 g/mol. The number of hydrogen-bond donors (Lipinski definition) is 2. The standard InChI is InChI=1S/C20H28N4O2/c1-13-7-9-17(10-8-13)24-16(4)18(12-21-24)14(2)22-20(25)23-15(3)19-6-5-11-26-19/h7-10,12,14-15,19H,5-6,11H2,1-4H3,(H2,22,23,25). The molecule has 2 N–H and O–H groups in total. The lowest BCUT2D eigenvalue weighted by Gasteiger charge is -2.22. The third-order valence-corrected chi connectivity index (χ3v) is 5.02. The Kier molecular flexibility index (Phi) is 5.61. The van der Waals surface area contributed by atoms with Crippen LogP contribution in [-0.2, 0) is 4.74 Å². The number of aromatic nitrogens is 2. The van der Waals surface area contributed by atoms with Gasteiger partial charge in [-0.15, -0.1) is 0 Å². The lowest BCUT2D eigenvalue weighted by molar-refractivity contribution is 0.0859. The minimum Gasteiger partial charge on any atom is -0.376 e. The minimum absolute atomic E-state index is 0.000999. The molecule has 1 aliphatic rings. The molecule has 3 atom stereocenters. The SMILES string of the molecule is Cc1ccc(-n2ncc(C(C)NC(=O)NC(C)C3CCCO3)c2C)cc1. The van der Waals surface area contributed by atoms with Crippen molar-refractivity contribution < 1.29 is 9.53 Å². The molecule has 0 saturated carbocycles. The summed E-state index contributed by atoms with van der Waals surface area (Å²) in [6.07, 6.45) is 4.00. The first-order valence-corrected chi connectivity index (χ1v) is 9.26. The summed E-state index contributed by atoms with van der Waals surface area (Å²) in [5, 5.41) is 10.5. The van der Waals surface area contributed by atoms with Crippen LogP contribution in [0.15, 0.2) is 30.5 Å². The first-order valence-electron chi connectivity index (χ1n) is 9.26. The number of ether oxygens (including phenoxy) is 1. The number of urea groups is 1. The van der Waals surface area contributed by atoms with Crippen molar-refractivity contribution in [2.75, 3.05) is 6.61 Å². The van der Waals surface area contributed by atoms with Crippen molar-refractivity contribution in [3.63, 3.8) is 0 Å². The summed E-state index contributed by atoms with van der Waals surface area (Å²) in [5.74, 6) is 0. The molecule has 6 heteroatoms. The van der Waals surface area contributed by atoms with Crippen LogP contribution in [0.25, 0.3) is 5.69 Å². The second-order valence-corrected chi connectivity index (χ2v) is 7.11. The summed E-state index contributed by atoms with van der Waals surface area (Å²) >= 11 is 0. The van der Waals surface area contributed by atoms with Gasteiger partial charge in [-0.3, -0.25) is 0 Å². The zero-order chi connectivity index (χ0) is 18.7. The van der Waals surface area contributed by atoms with Gasteiger partial charge in [-0.25, -0.2) is 9.48 Å². The molecular weight excluding hydrogens is 328 g/mol. The quantitative estimate of drug-likeness (QED) is 0.862. The molecule has 0 radical (unpaired) electrons. The van der Waals surface area contributed by atoms with E-state index in [1.807, 2.05) is 43.8 Å². The largest absolute Gasteiger partial charge is 0.376 e. The number of nitrogens with one attached hydrogen (secondary N) is 2. The van der Waals surface area contributed by atoms with Crippen molar-refractivity contribution in [3.05, 3.63) is 47.3 Å². The minimum atomic E-state index is -0.178. The Hall–Kier alpha value is -2.34. The Morgan fingerprint density at radius 3 is 2.62 bits per heavy atom. The fraction of sp³-hybridized carbons (Fsp3) is 0.500. The number of carbonyl (C=O) groups is 1. The molecule has 2 aromatic rings. The van der Waals surface area contributed by atoms with Crippen LogP contribution < -0.4 is 10.6 Å². The lowest BCUT2D eigenvalue weighted by atomic mass is 10.1. The van der Waals surface area contributed by atoms with E-state index in [2.05, 4.69) is 34.8 Å². The zero-order valence-corrected chi connectivity index (χ0v) is 16.0. The predicted molar refractivity (Wildman–Crippen MR) is 102 cm³/mol. The van der Waals surface area contributed by atoms with Crippen molar-refractivity contribution >= 4 is 6.03 Å². The van der Waals surface area contributed by atoms with Crippen molar-refractivity contribution in [2.45, 2.75) is 58.7 Å². The zero-order valence-electron chi connectivity index (χ0n) is 16.0. The van der Waals surface area contributed by atoms with Gasteiger partial charge in [0, 0.05) is 17.9 Å². The summed E-state index contributed by atoms with van der Waals surface area (Å²) in [4.78, 5) is 12.3. The molecule has 1 aliphatic heterocycles. The van der Waals surface area contributed by atoms with E-state index in [1.54, 1.807) is 0 Å². The Morgan fingerprint density at radius 2 is 1.96 bits per heavy atom. The molecule has 1 aromatic heterocycles. The van der Waals surface area contributed by atoms with Gasteiger partial charge >= 0.3 is 6.03 Å². The molecule has 140 valence electrons. The summed E-state index contributed by atoms with van der Waals surface area (Å²) in [5.41, 5.74) is 4.26. The van der Waals surface area contributed by atoms with E-state index < -0.39 is 0 Å². The number of nitrogens with zero attached hydrogens (tertiary/aromatic N) is 2. The first kappa shape index (κ1) is 18.5. The lowest BCUT2D eigenvalue weighted by Crippen LogP contribution is -2.46. The van der Waals surface area contributed by atoms with Crippen LogP contribution in [0.2, 0.25) is 0 Å². The number of amides is 2. The Balaban J connectivity index is 1.63. The summed E-state index contributed by atoms with van der Waals surface area (Å²) in [6, 6.07) is 7.92. The molecule has 0 aliphatic carbocycles. The van der Waals surface area contributed by atoms with Crippen LogP contribution in [0.5, 0.6) is 0 Å². The van der Waals surface area contributed by atoms with E-state index in [1.165, 1.54) is 5.56 Å². The van der Waals surface area contributed by atoms with Crippen LogP contribution in [0, 0.1) is 13.8 Å². The maximum absolute atomic E-state index is 12.3. The van der Waals surface area contributed by atoms with Gasteiger partial charge in [0.2, 0.25) is 0 Å². The fourth-order valence-corrected chi connectivity index (χ4v) is 3.41. The third kappa shape index (κ3) is 4.07. The molecule has 3 rings (SSSR count). The average Bonchev–Trinajstić information content (AvgIpc) is 3.25. The molecule has 6 nitrogen and oxygen atoms in total. The number of benzene rings is 1. The van der Waals surface area contributed by atoms with E-state index >= 15 is 0 Å². The Morgan fingerprint density at radius 1 is 1.23 bits per heavy atom. The van der Waals surface area contributed by atoms with Crippen LogP contribution in [0.3, 0.4) is 0 Å². The highest BCUT2D eigenvalue weighted by atomic mass is 16.5. The summed E-state index contributed by atoms with van der Waals surface area (Å²) in [7, 11) is 0. The molecule has 1 aromatic carbocycles. The topological polar surface area (TPSA) is 68.2 Å². The van der Waals surface area contributed by atoms with Crippen molar-refractivity contribution in [2.24, 2.45) is 0 Å². The summed E-state index contributed by atoms with van der Waals surface area (Å²) < 4.78 is 7.53. The second kappa shape index (κ2) is 7.91. The van der Waals surface area contributed by atoms with Crippen LogP contribution in [0.4, 0.5) is 4.79 Å². The molecular formula is C20H28N4O2. The van der Waals surface area contributed by atoms with E-state index in [0.717, 1.165) is 36.4 Å². The number of aryl methyl sites for hydroxylation is 1. The van der Waals surface area contributed by atoms with E-state index in [9.17, 15) is 4.79 Å². The Labute approximate surface area is 154 Å². The van der Waals surface area contributed by atoms with Gasteiger partial charge in [0.1, 0.15) is 0 Å². The van der Waals surface area contributed by atoms with Crippen LogP contribution >= 0.6 is 0 Å². The van der Waals surface area contributed by atoms with Gasteiger partial charge in [0.05, 0.1) is 30.1 Å². The van der Waals surface area contributed by atoms with Crippen molar-refractivity contribution in [1.82, 2.24) is 20.4 Å². The highest BCUT2D eigenvalue weighted by Gasteiger charge is 2.24. The van der Waals surface area contributed by atoms with E-state index in [0.29, 0.717) is 0 Å². The van der Waals surface area contributed by atoms with Gasteiger partial charge in [-0.2, -0.15) is 5.10 Å². The van der Waals surface area contributed by atoms with Crippen molar-refractivity contribution in [1.29, 1.82) is 0 Å². The predicted octanol–water partition coefficient (Wildman–Crippen LogP) is 3.42. The number of hydrogen-bond acceptors (Lipinski definition) is 3. The molecule has 26 heavy (non-hydrogen) atoms. The highest BCUT2D eigenvalue weighted by molar-refractivity contribution is 5.74. The molecule has 3 unspecified atom stereocenters. The molecule has 2 amide bonds. The number of carbonyl (C=O) groups excluding carboxylic acids is 1. The fourth-order valence-electron chi connectivity index (χ4n) is 3.41. The van der Waals surface area contributed by atoms with Crippen LogP contribution in [0.1, 0.15) is 49.6 Å². The highest BCUT2D eigenvalue weighted by Crippen LogP contribution is 2.20. The smallest absolute Gasteiger partial charge is 0.315 e. The molecule has 2 heterocycles. The summed E-state index contributed by atoms with van der Waals surface area (Å²) in [6.45, 7) is 8.83. The molecule has 1 saturated heterocycles. The average molecular weight is 356 g/mol.